The van der Waals surface area contributed by atoms with E-state index in [0.717, 1.165) is 6.92 Å². The number of nitrogens with one attached hydrogen (secondary N) is 11. The third-order valence-electron chi connectivity index (χ3n) is 16.2. The highest BCUT2D eigenvalue weighted by atomic mass is 35.5. The first-order valence-electron chi connectivity index (χ1n) is 32.1. The molecule has 3 aliphatic heterocycles. The largest absolute Gasteiger partial charge is 0.368 e. The number of primary amides is 1. The van der Waals surface area contributed by atoms with Gasteiger partial charge < -0.3 is 79.8 Å². The lowest BCUT2D eigenvalue weighted by Gasteiger charge is -2.40. The smallest absolute Gasteiger partial charge is 0.246 e. The molecule has 5 heterocycles. The van der Waals surface area contributed by atoms with Crippen molar-refractivity contribution >= 4 is 94.3 Å². The second kappa shape index (κ2) is 36.9. The van der Waals surface area contributed by atoms with E-state index in [9.17, 15) is 38.4 Å². The summed E-state index contributed by atoms with van der Waals surface area (Å²) in [6.45, 7) is 6.55. The molecule has 15 N–H and O–H groups in total. The highest BCUT2D eigenvalue weighted by Gasteiger charge is 2.44. The summed E-state index contributed by atoms with van der Waals surface area (Å²) in [7, 11) is 0. The Morgan fingerprint density at radius 2 is 1.18 bits per heavy atom. The second-order valence-electron chi connectivity index (χ2n) is 24.6. The molecule has 14 amide bonds. The zero-order valence-electron chi connectivity index (χ0n) is 54.4. The summed E-state index contributed by atoms with van der Waals surface area (Å²) in [6, 6.07) is -3.89. The first-order valence-corrected chi connectivity index (χ1v) is 32.4. The fourth-order valence-corrected chi connectivity index (χ4v) is 11.5. The summed E-state index contributed by atoms with van der Waals surface area (Å²) in [5.41, 5.74) is 13.0. The third-order valence-corrected chi connectivity index (χ3v) is 16.5. The second-order valence-corrected chi connectivity index (χ2v) is 25.1. The fraction of sp³-hybridized carbons (Fsp3) is 0.531. The Kier molecular flexibility index (Phi) is 28.9. The first kappa shape index (κ1) is 75.4. The van der Waals surface area contributed by atoms with Crippen LogP contribution in [0.25, 0.3) is 0 Å². The zero-order chi connectivity index (χ0) is 70.2. The van der Waals surface area contributed by atoms with Crippen LogP contribution in [0.2, 0.25) is 5.02 Å². The van der Waals surface area contributed by atoms with Gasteiger partial charge in [-0.2, -0.15) is 0 Å². The van der Waals surface area contributed by atoms with Crippen molar-refractivity contribution in [3.05, 3.63) is 95.0 Å². The molecule has 6 rings (SSSR count). The minimum absolute atomic E-state index is 0.0225. The lowest BCUT2D eigenvalue weighted by molar-refractivity contribution is -0.152. The molecule has 96 heavy (non-hydrogen) atoms. The average Bonchev–Trinajstić information content (AvgIpc) is 1.45. The van der Waals surface area contributed by atoms with Gasteiger partial charge in [0.25, 0.3) is 0 Å². The molecule has 0 aliphatic carbocycles. The highest BCUT2D eigenvalue weighted by Crippen LogP contribution is 2.26. The Hall–Kier alpha value is -9.65. The molecule has 3 aromatic rings. The van der Waals surface area contributed by atoms with Crippen LogP contribution in [0, 0.1) is 5.92 Å². The number of carbonyl (C=O) groups excluding carboxylic acids is 14. The van der Waals surface area contributed by atoms with Gasteiger partial charge in [0.05, 0.1) is 19.4 Å². The quantitative estimate of drug-likeness (QED) is 0.0669. The van der Waals surface area contributed by atoms with Crippen molar-refractivity contribution in [3.8, 4) is 0 Å². The van der Waals surface area contributed by atoms with Gasteiger partial charge >= 0.3 is 0 Å². The molecule has 1 aromatic carbocycles. The van der Waals surface area contributed by atoms with Gasteiger partial charge in [-0.05, 0) is 112 Å². The molecule has 520 valence electrons. The van der Waals surface area contributed by atoms with E-state index in [-0.39, 0.29) is 57.5 Å². The van der Waals surface area contributed by atoms with Crippen LogP contribution in [0.5, 0.6) is 0 Å². The molecule has 0 radical (unpaired) electrons. The maximum atomic E-state index is 15.4. The zero-order valence-corrected chi connectivity index (χ0v) is 55.2. The number of nitrogens with two attached hydrogens (primary N) is 2. The lowest BCUT2D eigenvalue weighted by atomic mass is 9.97. The van der Waals surface area contributed by atoms with Crippen LogP contribution in [0.15, 0.2) is 73.3 Å². The summed E-state index contributed by atoms with van der Waals surface area (Å²) >= 11 is 6.18. The summed E-state index contributed by atoms with van der Waals surface area (Å²) < 4.78 is 0. The number of halogens is 1. The van der Waals surface area contributed by atoms with Crippen LogP contribution in [-0.4, -0.2) is 202 Å². The standard InChI is InChI=1S/C64H88ClN17O14/c1-35(2)25-48-63(95)82(36(3)4)51(13-6-7-20-66)64(96)81-24-10-14-50(81)62(94)80-49(55(67)87)33-71-52(84)30-47-61(93)74-42(56(88)75-45(59(91)79-48)28-40-12-9-22-69-32-40)19-23-70-54(86)34-72-53(85)29-46(73-37(5)83)60(92)76-43(26-38-15-17-41(65)18-16-38)57(89)77-44(58(90)78-47)27-39-11-8-21-68-31-39/h8-9,11-12,15-18,21-22,31-32,35-36,42-51H,6-7,10,13-14,19-20,23-30,33-34,66H2,1-5H3,(H2,67,87)(H,70,86)(H,71,84)(H,72,85)(H,73,83)(H,74,93)(H,75,88)(H,76,92)(H,77,89)(H,78,90)(H,79,91)(H,80,94)/t42-,43+,44-,45-,46-,47-,48-,49-,50-,51+/m1/s1. The fourth-order valence-electron chi connectivity index (χ4n) is 11.4. The van der Waals surface area contributed by atoms with E-state index in [4.69, 9.17) is 23.1 Å². The van der Waals surface area contributed by atoms with Crippen molar-refractivity contribution in [2.24, 2.45) is 17.4 Å². The van der Waals surface area contributed by atoms with Crippen molar-refractivity contribution in [2.45, 2.75) is 178 Å². The number of hydrogen-bond donors (Lipinski definition) is 13. The minimum atomic E-state index is -2.01. The SMILES string of the molecule is CC(=O)N[C@@H]1CC(=O)NCC(=O)NCC[C@H]2NC(=O)[C@@H](CC(=O)NC[C@H](C(N)=O)NC(=O)[C@H]3CCCN3C(=O)[C@H](CCCCN)N(C(C)C)C(=O)[C@@H](CC(C)C)NC(=O)[C@@H](Cc3cccnc3)NC2=O)NC(=O)[C@@H](Cc2cccnc2)NC(=O)[C@H](Cc2ccc(Cl)cc2)NC1=O. The van der Waals surface area contributed by atoms with Gasteiger partial charge in [-0.25, -0.2) is 0 Å². The van der Waals surface area contributed by atoms with Crippen molar-refractivity contribution in [1.29, 1.82) is 0 Å². The average molecular weight is 1350 g/mol. The minimum Gasteiger partial charge on any atom is -0.368 e. The molecule has 3 fully saturated rings. The van der Waals surface area contributed by atoms with Gasteiger partial charge in [-0.15, -0.1) is 0 Å². The molecule has 32 heteroatoms. The molecule has 3 aliphatic rings. The van der Waals surface area contributed by atoms with Gasteiger partial charge in [-0.1, -0.05) is 49.7 Å². The van der Waals surface area contributed by atoms with Crippen molar-refractivity contribution in [1.82, 2.24) is 78.3 Å². The number of aromatic nitrogens is 2. The van der Waals surface area contributed by atoms with Crippen LogP contribution < -0.4 is 70.0 Å². The van der Waals surface area contributed by atoms with Crippen molar-refractivity contribution < 1.29 is 67.1 Å². The topological polar surface area (TPSA) is 456 Å². The molecular formula is C64H88ClN17O14. The number of nitrogens with zero attached hydrogens (tertiary/aromatic N) is 4. The highest BCUT2D eigenvalue weighted by molar-refractivity contribution is 6.30. The molecule has 2 bridgehead atoms. The Labute approximate surface area is 560 Å². The normalized spacial score (nSPS) is 24.9. The lowest BCUT2D eigenvalue weighted by Crippen LogP contribution is -2.62. The summed E-state index contributed by atoms with van der Waals surface area (Å²) in [6.07, 6.45) is 4.01. The van der Waals surface area contributed by atoms with Crippen LogP contribution in [-0.2, 0) is 86.4 Å². The van der Waals surface area contributed by atoms with Gasteiger partial charge in [-0.3, -0.25) is 77.1 Å². The Balaban J connectivity index is 1.50. The van der Waals surface area contributed by atoms with E-state index < -0.39 is 188 Å². The predicted octanol–water partition coefficient (Wildman–Crippen LogP) is -3.14. The van der Waals surface area contributed by atoms with E-state index in [1.807, 2.05) is 13.8 Å². The molecule has 0 spiro atoms. The van der Waals surface area contributed by atoms with Crippen LogP contribution in [0.4, 0.5) is 0 Å². The van der Waals surface area contributed by atoms with Crippen molar-refractivity contribution in [3.63, 3.8) is 0 Å². The summed E-state index contributed by atoms with van der Waals surface area (Å²) in [4.78, 5) is 212. The van der Waals surface area contributed by atoms with Gasteiger partial charge in [0.2, 0.25) is 82.7 Å². The van der Waals surface area contributed by atoms with Crippen molar-refractivity contribution in [2.75, 3.05) is 32.7 Å². The summed E-state index contributed by atoms with van der Waals surface area (Å²) in [5.74, 6) is -13.4. The van der Waals surface area contributed by atoms with Crippen LogP contribution in [0.1, 0.15) is 109 Å². The molecule has 2 aromatic heterocycles. The molecule has 3 saturated heterocycles. The van der Waals surface area contributed by atoms with Gasteiger partial charge in [0.15, 0.2) is 0 Å². The maximum absolute atomic E-state index is 15.4. The first-order chi connectivity index (χ1) is 45.7. The van der Waals surface area contributed by atoms with Gasteiger partial charge in [0, 0.05) is 81.7 Å². The van der Waals surface area contributed by atoms with Crippen LogP contribution >= 0.6 is 11.6 Å². The maximum Gasteiger partial charge on any atom is 0.246 e. The number of hydrogen-bond acceptors (Lipinski definition) is 17. The van der Waals surface area contributed by atoms with E-state index in [0.29, 0.717) is 41.0 Å². The molecule has 31 nitrogen and oxygen atoms in total. The number of amides is 14. The number of carbonyl (C=O) groups is 14. The van der Waals surface area contributed by atoms with Gasteiger partial charge in [0.1, 0.15) is 60.4 Å². The van der Waals surface area contributed by atoms with E-state index in [1.54, 1.807) is 44.2 Å². The molecule has 0 saturated carbocycles. The van der Waals surface area contributed by atoms with E-state index in [2.05, 4.69) is 68.5 Å². The van der Waals surface area contributed by atoms with Crippen LogP contribution in [0.3, 0.4) is 0 Å². The van der Waals surface area contributed by atoms with E-state index >= 15 is 28.8 Å². The Morgan fingerprint density at radius 1 is 0.615 bits per heavy atom. The van der Waals surface area contributed by atoms with E-state index in [1.165, 1.54) is 52.8 Å². The third kappa shape index (κ3) is 23.1. The monoisotopic (exact) mass is 1350 g/mol. The number of fused-ring (bicyclic) bond motifs is 4. The summed E-state index contributed by atoms with van der Waals surface area (Å²) in [5, 5.41) is 28.4. The predicted molar refractivity (Wildman–Crippen MR) is 347 cm³/mol. The Bertz CT molecular complexity index is 3270. The molecular weight excluding hydrogens is 1270 g/mol. The molecule has 10 atom stereocenters. The Morgan fingerprint density at radius 3 is 1.75 bits per heavy atom. The molecule has 0 unspecified atom stereocenters. The number of pyridine rings is 2. The number of benzene rings is 1. The number of rotatable bonds is 15. The number of unbranched alkanes of at least 4 members (excludes halogenated alkanes) is 1.